The summed E-state index contributed by atoms with van der Waals surface area (Å²) >= 11 is 0. The van der Waals surface area contributed by atoms with Crippen LogP contribution in [0.25, 0.3) is 0 Å². The molecule has 0 saturated carbocycles. The lowest BCUT2D eigenvalue weighted by Crippen LogP contribution is -2.44. The van der Waals surface area contributed by atoms with Gasteiger partial charge in [-0.25, -0.2) is 0 Å². The maximum Gasteiger partial charge on any atom is 0.191 e. The molecule has 5 heteroatoms. The second kappa shape index (κ2) is 9.65. The summed E-state index contributed by atoms with van der Waals surface area (Å²) in [6.07, 6.45) is 6.61. The molecule has 0 bridgehead atoms. The Kier molecular flexibility index (Phi) is 8.19. The van der Waals surface area contributed by atoms with Gasteiger partial charge < -0.3 is 15.5 Å². The summed E-state index contributed by atoms with van der Waals surface area (Å²) in [6, 6.07) is 10.9. The quantitative estimate of drug-likeness (QED) is 0.346. The maximum atomic E-state index is 4.27. The van der Waals surface area contributed by atoms with E-state index >= 15 is 0 Å². The first kappa shape index (κ1) is 17.8. The van der Waals surface area contributed by atoms with E-state index in [0.717, 1.165) is 31.9 Å². The summed E-state index contributed by atoms with van der Waals surface area (Å²) in [4.78, 5) is 6.50. The highest BCUT2D eigenvalue weighted by molar-refractivity contribution is 14.0. The number of guanidine groups is 1. The van der Waals surface area contributed by atoms with E-state index in [1.165, 1.54) is 5.69 Å². The number of rotatable bonds is 5. The fourth-order valence-electron chi connectivity index (χ4n) is 2.28. The van der Waals surface area contributed by atoms with Gasteiger partial charge in [0.1, 0.15) is 0 Å². The number of hydrogen-bond donors (Lipinski definition) is 2. The van der Waals surface area contributed by atoms with Crippen LogP contribution in [0.1, 0.15) is 12.8 Å². The van der Waals surface area contributed by atoms with Crippen LogP contribution < -0.4 is 15.5 Å². The molecule has 0 heterocycles. The SMILES string of the molecule is CN=C(NCCN(C)c1ccccc1)NC1CC=CC1.I. The van der Waals surface area contributed by atoms with E-state index in [-0.39, 0.29) is 24.0 Å². The first-order chi connectivity index (χ1) is 9.79. The first-order valence-corrected chi connectivity index (χ1v) is 7.18. The van der Waals surface area contributed by atoms with Crippen LogP contribution in [0.5, 0.6) is 0 Å². The van der Waals surface area contributed by atoms with Gasteiger partial charge >= 0.3 is 0 Å². The number of halogens is 1. The standard InChI is InChI=1S/C16H24N4.HI/c1-17-16(19-14-8-6-7-9-14)18-12-13-20(2)15-10-4-3-5-11-15;/h3-7,10-11,14H,8-9,12-13H2,1-2H3,(H2,17,18,19);1H. The van der Waals surface area contributed by atoms with Crippen LogP contribution in [-0.4, -0.2) is 39.2 Å². The van der Waals surface area contributed by atoms with E-state index < -0.39 is 0 Å². The molecule has 1 aromatic rings. The van der Waals surface area contributed by atoms with Crippen molar-refractivity contribution in [3.05, 3.63) is 42.5 Å². The number of aliphatic imine (C=N–C) groups is 1. The zero-order chi connectivity index (χ0) is 14.2. The fourth-order valence-corrected chi connectivity index (χ4v) is 2.28. The third-order valence-corrected chi connectivity index (χ3v) is 3.51. The average Bonchev–Trinajstić information content (AvgIpc) is 3.00. The van der Waals surface area contributed by atoms with E-state index in [9.17, 15) is 0 Å². The summed E-state index contributed by atoms with van der Waals surface area (Å²) in [5.41, 5.74) is 1.23. The molecule has 0 atom stereocenters. The molecule has 116 valence electrons. The molecule has 21 heavy (non-hydrogen) atoms. The average molecular weight is 400 g/mol. The van der Waals surface area contributed by atoms with Crippen LogP contribution in [-0.2, 0) is 0 Å². The molecule has 0 fully saturated rings. The van der Waals surface area contributed by atoms with Crippen LogP contribution in [0.4, 0.5) is 5.69 Å². The van der Waals surface area contributed by atoms with Crippen molar-refractivity contribution in [3.63, 3.8) is 0 Å². The molecule has 2 N–H and O–H groups in total. The van der Waals surface area contributed by atoms with Gasteiger partial charge in [-0.2, -0.15) is 0 Å². The molecule has 0 saturated heterocycles. The van der Waals surface area contributed by atoms with Crippen molar-refractivity contribution in [2.24, 2.45) is 4.99 Å². The second-order valence-corrected chi connectivity index (χ2v) is 5.04. The molecule has 0 amide bonds. The van der Waals surface area contributed by atoms with Gasteiger partial charge in [0.2, 0.25) is 0 Å². The maximum absolute atomic E-state index is 4.27. The van der Waals surface area contributed by atoms with Gasteiger partial charge in [0.25, 0.3) is 0 Å². The van der Waals surface area contributed by atoms with Gasteiger partial charge in [-0.3, -0.25) is 4.99 Å². The monoisotopic (exact) mass is 400 g/mol. The fraction of sp³-hybridized carbons (Fsp3) is 0.438. The number of para-hydroxylation sites is 1. The lowest BCUT2D eigenvalue weighted by atomic mass is 10.2. The predicted molar refractivity (Wildman–Crippen MR) is 102 cm³/mol. The third-order valence-electron chi connectivity index (χ3n) is 3.51. The second-order valence-electron chi connectivity index (χ2n) is 5.04. The van der Waals surface area contributed by atoms with E-state index in [1.54, 1.807) is 0 Å². The lowest BCUT2D eigenvalue weighted by molar-refractivity contribution is 0.632. The van der Waals surface area contributed by atoms with Gasteiger partial charge in [0, 0.05) is 38.9 Å². The Morgan fingerprint density at radius 2 is 1.90 bits per heavy atom. The van der Waals surface area contributed by atoms with Gasteiger partial charge in [-0.15, -0.1) is 24.0 Å². The number of hydrogen-bond acceptors (Lipinski definition) is 2. The van der Waals surface area contributed by atoms with Crippen molar-refractivity contribution in [2.75, 3.05) is 32.1 Å². The van der Waals surface area contributed by atoms with Crippen LogP contribution in [0.15, 0.2) is 47.5 Å². The minimum absolute atomic E-state index is 0. The van der Waals surface area contributed by atoms with Crippen LogP contribution in [0.3, 0.4) is 0 Å². The number of anilines is 1. The van der Waals surface area contributed by atoms with E-state index in [1.807, 2.05) is 13.1 Å². The summed E-state index contributed by atoms with van der Waals surface area (Å²) in [5, 5.41) is 6.80. The smallest absolute Gasteiger partial charge is 0.191 e. The molecule has 0 spiro atoms. The van der Waals surface area contributed by atoms with Crippen LogP contribution >= 0.6 is 24.0 Å². The van der Waals surface area contributed by atoms with Crippen molar-refractivity contribution in [1.29, 1.82) is 0 Å². The van der Waals surface area contributed by atoms with Crippen molar-refractivity contribution in [3.8, 4) is 0 Å². The van der Waals surface area contributed by atoms with Gasteiger partial charge in [-0.1, -0.05) is 30.4 Å². The Morgan fingerprint density at radius 3 is 2.52 bits per heavy atom. The Bertz CT molecular complexity index is 451. The molecule has 1 aliphatic rings. The molecule has 4 nitrogen and oxygen atoms in total. The zero-order valence-corrected chi connectivity index (χ0v) is 15.1. The molecule has 1 aliphatic carbocycles. The molecule has 0 aliphatic heterocycles. The lowest BCUT2D eigenvalue weighted by Gasteiger charge is -2.21. The summed E-state index contributed by atoms with van der Waals surface area (Å²) in [6.45, 7) is 1.80. The molecule has 0 radical (unpaired) electrons. The molecule has 2 rings (SSSR count). The molecule has 0 unspecified atom stereocenters. The van der Waals surface area contributed by atoms with E-state index in [4.69, 9.17) is 0 Å². The van der Waals surface area contributed by atoms with Crippen LogP contribution in [0, 0.1) is 0 Å². The number of nitrogens with one attached hydrogen (secondary N) is 2. The van der Waals surface area contributed by atoms with Crippen LogP contribution in [0.2, 0.25) is 0 Å². The minimum atomic E-state index is 0. The summed E-state index contributed by atoms with van der Waals surface area (Å²) in [5.74, 6) is 0.889. The summed E-state index contributed by atoms with van der Waals surface area (Å²) < 4.78 is 0. The molecule has 0 aromatic heterocycles. The highest BCUT2D eigenvalue weighted by Gasteiger charge is 2.11. The van der Waals surface area contributed by atoms with E-state index in [0.29, 0.717) is 6.04 Å². The minimum Gasteiger partial charge on any atom is -0.373 e. The van der Waals surface area contributed by atoms with Gasteiger partial charge in [0.15, 0.2) is 5.96 Å². The summed E-state index contributed by atoms with van der Waals surface area (Å²) in [7, 11) is 3.92. The predicted octanol–water partition coefficient (Wildman–Crippen LogP) is 2.62. The van der Waals surface area contributed by atoms with E-state index in [2.05, 4.69) is 64.0 Å². The largest absolute Gasteiger partial charge is 0.373 e. The Hall–Kier alpha value is -1.24. The zero-order valence-electron chi connectivity index (χ0n) is 12.7. The third kappa shape index (κ3) is 5.95. The highest BCUT2D eigenvalue weighted by Crippen LogP contribution is 2.10. The molecule has 1 aromatic carbocycles. The number of benzene rings is 1. The molecular weight excluding hydrogens is 375 g/mol. The van der Waals surface area contributed by atoms with Crippen molar-refractivity contribution in [2.45, 2.75) is 18.9 Å². The number of nitrogens with zero attached hydrogens (tertiary/aromatic N) is 2. The number of likely N-dealkylation sites (N-methyl/N-ethyl adjacent to an activating group) is 1. The Labute approximate surface area is 144 Å². The van der Waals surface area contributed by atoms with Gasteiger partial charge in [0.05, 0.1) is 0 Å². The van der Waals surface area contributed by atoms with Crippen molar-refractivity contribution < 1.29 is 0 Å². The normalized spacial score (nSPS) is 14.7. The Balaban J connectivity index is 0.00000220. The molecular formula is C16H25IN4. The van der Waals surface area contributed by atoms with Gasteiger partial charge in [-0.05, 0) is 25.0 Å². The first-order valence-electron chi connectivity index (χ1n) is 7.18. The highest BCUT2D eigenvalue weighted by atomic mass is 127. The Morgan fingerprint density at radius 1 is 1.24 bits per heavy atom. The topological polar surface area (TPSA) is 39.7 Å². The van der Waals surface area contributed by atoms with Crippen molar-refractivity contribution >= 4 is 35.6 Å². The van der Waals surface area contributed by atoms with Crippen molar-refractivity contribution in [1.82, 2.24) is 10.6 Å².